The van der Waals surface area contributed by atoms with E-state index in [9.17, 15) is 4.39 Å². The molecule has 1 unspecified atom stereocenters. The van der Waals surface area contributed by atoms with Gasteiger partial charge < -0.3 is 4.42 Å². The molecule has 2 nitrogen and oxygen atoms in total. The Morgan fingerprint density at radius 1 is 0.774 bits per heavy atom. The van der Waals surface area contributed by atoms with Gasteiger partial charge in [-0.2, -0.15) is 0 Å². The monoisotopic (exact) mass is 409 g/mol. The van der Waals surface area contributed by atoms with E-state index in [0.717, 1.165) is 38.8 Å². The molecule has 0 aliphatic heterocycles. The Labute approximate surface area is 181 Å². The summed E-state index contributed by atoms with van der Waals surface area (Å²) in [6.07, 6.45) is 1.88. The third-order valence-corrected chi connectivity index (χ3v) is 6.26. The zero-order valence-corrected chi connectivity index (χ0v) is 17.9. The maximum Gasteiger partial charge on any atom is 0.136 e. The standard InChI is InChI=1S/C28H24FNO/c1-17(2)18(3)19-12-13-30-26(15-19)21-8-10-23-24-14-20(22-6-4-5-7-25(22)29)9-11-27(24)31-28(23)16-21/h4-18H,1-3H3. The summed E-state index contributed by atoms with van der Waals surface area (Å²) in [6, 6.07) is 23.1. The fourth-order valence-electron chi connectivity index (χ4n) is 4.07. The van der Waals surface area contributed by atoms with E-state index in [0.29, 0.717) is 17.4 Å². The molecule has 0 spiro atoms. The third-order valence-electron chi connectivity index (χ3n) is 6.26. The summed E-state index contributed by atoms with van der Waals surface area (Å²) in [5.41, 5.74) is 6.30. The zero-order chi connectivity index (χ0) is 21.5. The van der Waals surface area contributed by atoms with Gasteiger partial charge in [-0.15, -0.1) is 0 Å². The number of fused-ring (bicyclic) bond motifs is 3. The second-order valence-electron chi connectivity index (χ2n) is 8.51. The van der Waals surface area contributed by atoms with E-state index in [-0.39, 0.29) is 5.82 Å². The maximum absolute atomic E-state index is 14.3. The van der Waals surface area contributed by atoms with Crippen LogP contribution in [0.3, 0.4) is 0 Å². The number of hydrogen-bond acceptors (Lipinski definition) is 2. The molecule has 0 saturated heterocycles. The van der Waals surface area contributed by atoms with Crippen molar-refractivity contribution in [2.75, 3.05) is 0 Å². The van der Waals surface area contributed by atoms with E-state index in [2.05, 4.69) is 50.0 Å². The highest BCUT2D eigenvalue weighted by Crippen LogP contribution is 2.35. The summed E-state index contributed by atoms with van der Waals surface area (Å²) in [5.74, 6) is 0.809. The van der Waals surface area contributed by atoms with E-state index in [4.69, 9.17) is 4.42 Å². The van der Waals surface area contributed by atoms with Crippen LogP contribution in [-0.4, -0.2) is 4.98 Å². The molecule has 31 heavy (non-hydrogen) atoms. The van der Waals surface area contributed by atoms with Crippen LogP contribution in [0.25, 0.3) is 44.3 Å². The van der Waals surface area contributed by atoms with Crippen molar-refractivity contribution >= 4 is 21.9 Å². The number of pyridine rings is 1. The van der Waals surface area contributed by atoms with Crippen molar-refractivity contribution in [3.63, 3.8) is 0 Å². The van der Waals surface area contributed by atoms with Gasteiger partial charge in [0.1, 0.15) is 17.0 Å². The minimum Gasteiger partial charge on any atom is -0.456 e. The van der Waals surface area contributed by atoms with Crippen molar-refractivity contribution in [3.8, 4) is 22.4 Å². The number of furan rings is 1. The predicted molar refractivity (Wildman–Crippen MR) is 126 cm³/mol. The van der Waals surface area contributed by atoms with Crippen LogP contribution in [0.5, 0.6) is 0 Å². The van der Waals surface area contributed by atoms with Gasteiger partial charge >= 0.3 is 0 Å². The third kappa shape index (κ3) is 3.50. The summed E-state index contributed by atoms with van der Waals surface area (Å²) in [4.78, 5) is 4.59. The SMILES string of the molecule is CC(C)C(C)c1ccnc(-c2ccc3c(c2)oc2ccc(-c4ccccc4F)cc23)c1. The molecule has 3 heteroatoms. The van der Waals surface area contributed by atoms with Gasteiger partial charge in [-0.25, -0.2) is 4.39 Å². The fourth-order valence-corrected chi connectivity index (χ4v) is 4.07. The molecule has 2 aromatic heterocycles. The summed E-state index contributed by atoms with van der Waals surface area (Å²) in [6.45, 7) is 6.72. The zero-order valence-electron chi connectivity index (χ0n) is 17.9. The predicted octanol–water partition coefficient (Wildman–Crippen LogP) is 8.21. The second-order valence-corrected chi connectivity index (χ2v) is 8.51. The summed E-state index contributed by atoms with van der Waals surface area (Å²) in [7, 11) is 0. The molecule has 0 aliphatic rings. The van der Waals surface area contributed by atoms with Gasteiger partial charge in [0.05, 0.1) is 5.69 Å². The summed E-state index contributed by atoms with van der Waals surface area (Å²) < 4.78 is 20.4. The number of benzene rings is 3. The second kappa shape index (κ2) is 7.66. The molecule has 2 heterocycles. The van der Waals surface area contributed by atoms with Crippen LogP contribution >= 0.6 is 0 Å². The first-order chi connectivity index (χ1) is 15.0. The van der Waals surface area contributed by atoms with Crippen molar-refractivity contribution in [3.05, 3.63) is 90.4 Å². The van der Waals surface area contributed by atoms with Gasteiger partial charge in [0, 0.05) is 28.1 Å². The first-order valence-corrected chi connectivity index (χ1v) is 10.7. The molecular formula is C28H24FNO. The van der Waals surface area contributed by atoms with E-state index < -0.39 is 0 Å². The van der Waals surface area contributed by atoms with Crippen molar-refractivity contribution < 1.29 is 8.81 Å². The Bertz CT molecular complexity index is 1400. The van der Waals surface area contributed by atoms with Crippen molar-refractivity contribution in [2.24, 2.45) is 5.92 Å². The van der Waals surface area contributed by atoms with Crippen molar-refractivity contribution in [2.45, 2.75) is 26.7 Å². The molecular weight excluding hydrogens is 385 g/mol. The minimum atomic E-state index is -0.224. The molecule has 0 fully saturated rings. The summed E-state index contributed by atoms with van der Waals surface area (Å²) in [5, 5.41) is 2.00. The van der Waals surface area contributed by atoms with Crippen molar-refractivity contribution in [1.29, 1.82) is 0 Å². The van der Waals surface area contributed by atoms with Gasteiger partial charge in [0.2, 0.25) is 0 Å². The van der Waals surface area contributed by atoms with Crippen LogP contribution in [0.2, 0.25) is 0 Å². The quantitative estimate of drug-likeness (QED) is 0.299. The van der Waals surface area contributed by atoms with Gasteiger partial charge in [-0.3, -0.25) is 4.98 Å². The number of halogens is 1. The van der Waals surface area contributed by atoms with Gasteiger partial charge in [-0.1, -0.05) is 51.1 Å². The Balaban J connectivity index is 1.59. The first kappa shape index (κ1) is 19.5. The fraction of sp³-hybridized carbons (Fsp3) is 0.179. The normalized spacial score (nSPS) is 12.7. The molecule has 0 N–H and O–H groups in total. The van der Waals surface area contributed by atoms with Crippen LogP contribution < -0.4 is 0 Å². The molecule has 1 atom stereocenters. The molecule has 0 aliphatic carbocycles. The highest BCUT2D eigenvalue weighted by atomic mass is 19.1. The maximum atomic E-state index is 14.3. The molecule has 154 valence electrons. The molecule has 5 rings (SSSR count). The van der Waals surface area contributed by atoms with Gasteiger partial charge in [0.15, 0.2) is 0 Å². The topological polar surface area (TPSA) is 26.0 Å². The lowest BCUT2D eigenvalue weighted by Crippen LogP contribution is -2.02. The van der Waals surface area contributed by atoms with Crippen LogP contribution in [0.15, 0.2) is 83.4 Å². The molecule has 5 aromatic rings. The summed E-state index contributed by atoms with van der Waals surface area (Å²) >= 11 is 0. The van der Waals surface area contributed by atoms with Crippen LogP contribution in [0.4, 0.5) is 4.39 Å². The Kier molecular flexibility index (Phi) is 4.82. The molecule has 3 aromatic carbocycles. The highest BCUT2D eigenvalue weighted by Gasteiger charge is 2.14. The Morgan fingerprint density at radius 2 is 1.58 bits per heavy atom. The van der Waals surface area contributed by atoms with E-state index >= 15 is 0 Å². The van der Waals surface area contributed by atoms with Crippen LogP contribution in [0, 0.1) is 11.7 Å². The largest absolute Gasteiger partial charge is 0.456 e. The Morgan fingerprint density at radius 3 is 2.39 bits per heavy atom. The molecule has 0 radical (unpaired) electrons. The smallest absolute Gasteiger partial charge is 0.136 e. The number of nitrogens with zero attached hydrogens (tertiary/aromatic N) is 1. The average molecular weight is 410 g/mol. The van der Waals surface area contributed by atoms with Crippen LogP contribution in [0.1, 0.15) is 32.3 Å². The van der Waals surface area contributed by atoms with Gasteiger partial charge in [0.25, 0.3) is 0 Å². The van der Waals surface area contributed by atoms with Crippen LogP contribution in [-0.2, 0) is 0 Å². The lowest BCUT2D eigenvalue weighted by molar-refractivity contribution is 0.535. The average Bonchev–Trinajstić information content (AvgIpc) is 3.16. The van der Waals surface area contributed by atoms with Gasteiger partial charge in [-0.05, 0) is 65.4 Å². The molecule has 0 amide bonds. The number of aromatic nitrogens is 1. The number of hydrogen-bond donors (Lipinski definition) is 0. The molecule has 0 saturated carbocycles. The highest BCUT2D eigenvalue weighted by molar-refractivity contribution is 6.07. The lowest BCUT2D eigenvalue weighted by Gasteiger charge is -2.16. The Hall–Kier alpha value is -3.46. The minimum absolute atomic E-state index is 0.224. The molecule has 0 bridgehead atoms. The van der Waals surface area contributed by atoms with E-state index in [1.165, 1.54) is 11.6 Å². The van der Waals surface area contributed by atoms with Crippen molar-refractivity contribution in [1.82, 2.24) is 4.98 Å². The lowest BCUT2D eigenvalue weighted by atomic mass is 9.90. The van der Waals surface area contributed by atoms with E-state index in [1.54, 1.807) is 12.1 Å². The number of rotatable bonds is 4. The first-order valence-electron chi connectivity index (χ1n) is 10.7. The van der Waals surface area contributed by atoms with E-state index in [1.807, 2.05) is 36.5 Å².